The van der Waals surface area contributed by atoms with Gasteiger partial charge in [0.15, 0.2) is 0 Å². The second kappa shape index (κ2) is 6.68. The van der Waals surface area contributed by atoms with Crippen LogP contribution in [0.5, 0.6) is 5.75 Å². The molecule has 0 atom stereocenters. The van der Waals surface area contributed by atoms with E-state index >= 15 is 0 Å². The zero-order valence-electron chi connectivity index (χ0n) is 12.4. The van der Waals surface area contributed by atoms with Crippen LogP contribution < -0.4 is 10.1 Å². The second-order valence-electron chi connectivity index (χ2n) is 5.19. The van der Waals surface area contributed by atoms with E-state index in [4.69, 9.17) is 4.74 Å². The minimum atomic E-state index is -0.385. The maximum absolute atomic E-state index is 14.1. The van der Waals surface area contributed by atoms with E-state index in [2.05, 4.69) is 5.32 Å². The van der Waals surface area contributed by atoms with Crippen LogP contribution in [0.3, 0.4) is 0 Å². The van der Waals surface area contributed by atoms with E-state index in [0.717, 1.165) is 0 Å². The number of methoxy groups -OCH3 is 1. The maximum atomic E-state index is 14.1. The fraction of sp³-hybridized carbons (Fsp3) is 0.294. The Morgan fingerprint density at radius 1 is 1.05 bits per heavy atom. The molecule has 4 heteroatoms. The Balaban J connectivity index is 2.34. The largest absolute Gasteiger partial charge is 0.497 e. The second-order valence-corrected chi connectivity index (χ2v) is 5.19. The molecule has 0 saturated carbocycles. The Kier molecular flexibility index (Phi) is 4.91. The highest BCUT2D eigenvalue weighted by molar-refractivity contribution is 5.65. The molecule has 0 fully saturated rings. The lowest BCUT2D eigenvalue weighted by atomic mass is 10.0. The Morgan fingerprint density at radius 3 is 2.43 bits per heavy atom. The highest BCUT2D eigenvalue weighted by atomic mass is 19.1. The molecule has 0 amide bonds. The molecule has 2 nitrogen and oxygen atoms in total. The van der Waals surface area contributed by atoms with Crippen LogP contribution in [-0.2, 0) is 6.54 Å². The molecule has 0 aromatic heterocycles. The van der Waals surface area contributed by atoms with Crippen LogP contribution in [0.1, 0.15) is 19.4 Å². The molecule has 0 spiro atoms. The topological polar surface area (TPSA) is 21.3 Å². The van der Waals surface area contributed by atoms with Crippen molar-refractivity contribution in [2.45, 2.75) is 26.4 Å². The Morgan fingerprint density at radius 2 is 1.81 bits per heavy atom. The molecule has 1 N–H and O–H groups in total. The molecule has 2 rings (SSSR count). The van der Waals surface area contributed by atoms with Crippen LogP contribution in [-0.4, -0.2) is 13.2 Å². The quantitative estimate of drug-likeness (QED) is 0.894. The molecule has 0 aliphatic carbocycles. The standard InChI is InChI=1S/C17H19F2NO/c1-11(2)20-10-13-8-12(4-7-16(13)18)15-6-5-14(21-3)9-17(15)19/h4-9,11,20H,10H2,1-3H3. The van der Waals surface area contributed by atoms with Gasteiger partial charge in [0, 0.05) is 29.8 Å². The van der Waals surface area contributed by atoms with Crippen molar-refractivity contribution >= 4 is 0 Å². The van der Waals surface area contributed by atoms with Crippen LogP contribution in [0.25, 0.3) is 11.1 Å². The molecule has 0 radical (unpaired) electrons. The van der Waals surface area contributed by atoms with Gasteiger partial charge in [-0.3, -0.25) is 0 Å². The van der Waals surface area contributed by atoms with Crippen molar-refractivity contribution in [2.75, 3.05) is 7.11 Å². The third-order valence-corrected chi connectivity index (χ3v) is 3.23. The van der Waals surface area contributed by atoms with Gasteiger partial charge in [0.2, 0.25) is 0 Å². The third-order valence-electron chi connectivity index (χ3n) is 3.23. The summed E-state index contributed by atoms with van der Waals surface area (Å²) in [6.45, 7) is 4.39. The Bertz CT molecular complexity index is 626. The molecule has 2 aromatic rings. The van der Waals surface area contributed by atoms with Crippen LogP contribution in [0.4, 0.5) is 8.78 Å². The average molecular weight is 291 g/mol. The van der Waals surface area contributed by atoms with E-state index in [9.17, 15) is 8.78 Å². The lowest BCUT2D eigenvalue weighted by Gasteiger charge is -2.11. The smallest absolute Gasteiger partial charge is 0.134 e. The summed E-state index contributed by atoms with van der Waals surface area (Å²) in [5.41, 5.74) is 1.61. The van der Waals surface area contributed by atoms with E-state index in [-0.39, 0.29) is 17.7 Å². The van der Waals surface area contributed by atoms with Gasteiger partial charge in [-0.1, -0.05) is 19.9 Å². The summed E-state index contributed by atoms with van der Waals surface area (Å²) < 4.78 is 32.9. The lowest BCUT2D eigenvalue weighted by molar-refractivity contribution is 0.411. The number of ether oxygens (including phenoxy) is 1. The van der Waals surface area contributed by atoms with Crippen molar-refractivity contribution < 1.29 is 13.5 Å². The third kappa shape index (κ3) is 3.79. The summed E-state index contributed by atoms with van der Waals surface area (Å²) in [5, 5.41) is 3.16. The van der Waals surface area contributed by atoms with Crippen molar-refractivity contribution in [3.63, 3.8) is 0 Å². The summed E-state index contributed by atoms with van der Waals surface area (Å²) in [5.74, 6) is -0.218. The van der Waals surface area contributed by atoms with E-state index < -0.39 is 0 Å². The zero-order valence-corrected chi connectivity index (χ0v) is 12.4. The molecule has 0 aliphatic heterocycles. The first-order valence-corrected chi connectivity index (χ1v) is 6.87. The van der Waals surface area contributed by atoms with Crippen LogP contribution in [0.15, 0.2) is 36.4 Å². The summed E-state index contributed by atoms with van der Waals surface area (Å²) >= 11 is 0. The summed E-state index contributed by atoms with van der Waals surface area (Å²) in [6.07, 6.45) is 0. The van der Waals surface area contributed by atoms with Crippen molar-refractivity contribution in [1.82, 2.24) is 5.32 Å². The van der Waals surface area contributed by atoms with Gasteiger partial charge in [-0.25, -0.2) is 8.78 Å². The number of nitrogens with one attached hydrogen (secondary N) is 1. The Labute approximate surface area is 123 Å². The molecule has 0 heterocycles. The molecule has 112 valence electrons. The Hall–Kier alpha value is -1.94. The molecule has 0 bridgehead atoms. The van der Waals surface area contributed by atoms with Gasteiger partial charge in [-0.15, -0.1) is 0 Å². The highest BCUT2D eigenvalue weighted by Crippen LogP contribution is 2.27. The van der Waals surface area contributed by atoms with Gasteiger partial charge >= 0.3 is 0 Å². The van der Waals surface area contributed by atoms with E-state index in [1.807, 2.05) is 13.8 Å². The van der Waals surface area contributed by atoms with Crippen LogP contribution in [0.2, 0.25) is 0 Å². The predicted molar refractivity (Wildman–Crippen MR) is 80.3 cm³/mol. The van der Waals surface area contributed by atoms with Gasteiger partial charge in [-0.05, 0) is 29.8 Å². The SMILES string of the molecule is COc1ccc(-c2ccc(F)c(CNC(C)C)c2)c(F)c1. The minimum Gasteiger partial charge on any atom is -0.497 e. The number of hydrogen-bond acceptors (Lipinski definition) is 2. The molecule has 2 aromatic carbocycles. The predicted octanol–water partition coefficient (Wildman–Crippen LogP) is 4.14. The highest BCUT2D eigenvalue weighted by Gasteiger charge is 2.10. The summed E-state index contributed by atoms with van der Waals surface area (Å²) in [6, 6.07) is 9.54. The molecular formula is C17H19F2NO. The summed E-state index contributed by atoms with van der Waals surface area (Å²) in [4.78, 5) is 0. The monoisotopic (exact) mass is 291 g/mol. The van der Waals surface area contributed by atoms with Gasteiger partial charge in [0.05, 0.1) is 7.11 Å². The first kappa shape index (κ1) is 15.4. The van der Waals surface area contributed by atoms with Gasteiger partial charge in [-0.2, -0.15) is 0 Å². The molecule has 0 unspecified atom stereocenters. The first-order chi connectivity index (χ1) is 10.0. The fourth-order valence-corrected chi connectivity index (χ4v) is 2.05. The number of halogens is 2. The van der Waals surface area contributed by atoms with Crippen molar-refractivity contribution in [2.24, 2.45) is 0 Å². The van der Waals surface area contributed by atoms with Crippen LogP contribution in [0, 0.1) is 11.6 Å². The summed E-state index contributed by atoms with van der Waals surface area (Å²) in [7, 11) is 1.49. The van der Waals surface area contributed by atoms with E-state index in [1.165, 1.54) is 19.2 Å². The first-order valence-electron chi connectivity index (χ1n) is 6.87. The lowest BCUT2D eigenvalue weighted by Crippen LogP contribution is -2.22. The van der Waals surface area contributed by atoms with Gasteiger partial charge in [0.1, 0.15) is 17.4 Å². The molecule has 0 aliphatic rings. The zero-order chi connectivity index (χ0) is 15.4. The van der Waals surface area contributed by atoms with Crippen molar-refractivity contribution in [3.05, 3.63) is 53.6 Å². The number of rotatable bonds is 5. The van der Waals surface area contributed by atoms with Crippen LogP contribution >= 0.6 is 0 Å². The fourth-order valence-electron chi connectivity index (χ4n) is 2.05. The normalized spacial score (nSPS) is 11.0. The number of benzene rings is 2. The minimum absolute atomic E-state index is 0.255. The molecular weight excluding hydrogens is 272 g/mol. The molecule has 21 heavy (non-hydrogen) atoms. The van der Waals surface area contributed by atoms with E-state index in [0.29, 0.717) is 29.0 Å². The molecule has 0 saturated heterocycles. The van der Waals surface area contributed by atoms with Crippen molar-refractivity contribution in [3.8, 4) is 16.9 Å². The van der Waals surface area contributed by atoms with Gasteiger partial charge < -0.3 is 10.1 Å². The van der Waals surface area contributed by atoms with Gasteiger partial charge in [0.25, 0.3) is 0 Å². The van der Waals surface area contributed by atoms with E-state index in [1.54, 1.807) is 24.3 Å². The maximum Gasteiger partial charge on any atom is 0.134 e. The van der Waals surface area contributed by atoms with Crippen molar-refractivity contribution in [1.29, 1.82) is 0 Å². The number of hydrogen-bond donors (Lipinski definition) is 1. The average Bonchev–Trinajstić information content (AvgIpc) is 2.46.